The van der Waals surface area contributed by atoms with E-state index in [4.69, 9.17) is 0 Å². The monoisotopic (exact) mass is 249 g/mol. The fourth-order valence-corrected chi connectivity index (χ4v) is 2.22. The highest BCUT2D eigenvalue weighted by molar-refractivity contribution is 5.97. The fourth-order valence-electron chi connectivity index (χ4n) is 2.22. The van der Waals surface area contributed by atoms with Crippen LogP contribution >= 0.6 is 0 Å². The first kappa shape index (κ1) is 12.7. The van der Waals surface area contributed by atoms with Crippen LogP contribution in [0.4, 0.5) is 0 Å². The van der Waals surface area contributed by atoms with Crippen LogP contribution in [0.5, 0.6) is 11.5 Å². The van der Waals surface area contributed by atoms with Gasteiger partial charge in [-0.3, -0.25) is 4.79 Å². The highest BCUT2D eigenvalue weighted by Gasteiger charge is 2.25. The van der Waals surface area contributed by atoms with Crippen LogP contribution in [0.2, 0.25) is 0 Å². The van der Waals surface area contributed by atoms with E-state index in [1.54, 1.807) is 17.0 Å². The first-order chi connectivity index (χ1) is 8.63. The van der Waals surface area contributed by atoms with Gasteiger partial charge in [0.05, 0.1) is 5.56 Å². The Kier molecular flexibility index (Phi) is 3.75. The van der Waals surface area contributed by atoms with Gasteiger partial charge >= 0.3 is 0 Å². The Hall–Kier alpha value is -1.71. The van der Waals surface area contributed by atoms with Crippen molar-refractivity contribution in [3.63, 3.8) is 0 Å². The molecule has 0 aromatic heterocycles. The molecule has 1 amide bonds. The number of nitrogens with zero attached hydrogens (tertiary/aromatic N) is 1. The lowest BCUT2D eigenvalue weighted by Gasteiger charge is -2.32. The number of amides is 1. The van der Waals surface area contributed by atoms with E-state index in [-0.39, 0.29) is 23.0 Å². The summed E-state index contributed by atoms with van der Waals surface area (Å²) in [6.45, 7) is 3.28. The van der Waals surface area contributed by atoms with Gasteiger partial charge in [-0.15, -0.1) is 0 Å². The molecule has 1 aromatic rings. The molecule has 1 aromatic carbocycles. The minimum absolute atomic E-state index is 0.177. The second-order valence-electron chi connectivity index (χ2n) is 4.81. The zero-order valence-corrected chi connectivity index (χ0v) is 10.6. The van der Waals surface area contributed by atoms with E-state index < -0.39 is 0 Å². The number of benzene rings is 1. The molecule has 1 saturated carbocycles. The topological polar surface area (TPSA) is 60.8 Å². The van der Waals surface area contributed by atoms with Crippen LogP contribution in [-0.4, -0.2) is 34.1 Å². The molecule has 4 heteroatoms. The van der Waals surface area contributed by atoms with Crippen molar-refractivity contribution in [1.29, 1.82) is 0 Å². The molecule has 0 spiro atoms. The largest absolute Gasteiger partial charge is 0.504 e. The van der Waals surface area contributed by atoms with Gasteiger partial charge in [-0.2, -0.15) is 0 Å². The van der Waals surface area contributed by atoms with Gasteiger partial charge in [-0.1, -0.05) is 12.5 Å². The Balaban J connectivity index is 2.14. The van der Waals surface area contributed by atoms with Crippen molar-refractivity contribution < 1.29 is 15.0 Å². The van der Waals surface area contributed by atoms with Crippen LogP contribution in [0.3, 0.4) is 0 Å². The van der Waals surface area contributed by atoms with Gasteiger partial charge in [0.1, 0.15) is 0 Å². The fraction of sp³-hybridized carbons (Fsp3) is 0.500. The van der Waals surface area contributed by atoms with Gasteiger partial charge in [0, 0.05) is 13.1 Å². The molecular weight excluding hydrogens is 230 g/mol. The van der Waals surface area contributed by atoms with Crippen LogP contribution in [0, 0.1) is 5.92 Å². The maximum atomic E-state index is 12.3. The highest BCUT2D eigenvalue weighted by atomic mass is 16.3. The van der Waals surface area contributed by atoms with Gasteiger partial charge in [0.15, 0.2) is 11.5 Å². The molecular formula is C14H19NO3. The standard InChI is InChI=1S/C14H19NO3/c1-2-15(9-10-5-3-6-10)14(18)11-7-4-8-12(16)13(11)17/h4,7-8,10,16-17H,2-3,5-6,9H2,1H3. The summed E-state index contributed by atoms with van der Waals surface area (Å²) in [5.74, 6) is -0.193. The van der Waals surface area contributed by atoms with E-state index >= 15 is 0 Å². The average molecular weight is 249 g/mol. The van der Waals surface area contributed by atoms with E-state index in [9.17, 15) is 15.0 Å². The van der Waals surface area contributed by atoms with E-state index in [0.717, 1.165) is 6.54 Å². The summed E-state index contributed by atoms with van der Waals surface area (Å²) in [6.07, 6.45) is 3.60. The molecule has 98 valence electrons. The van der Waals surface area contributed by atoms with E-state index in [1.165, 1.54) is 25.3 Å². The highest BCUT2D eigenvalue weighted by Crippen LogP contribution is 2.31. The van der Waals surface area contributed by atoms with Crippen LogP contribution in [0.15, 0.2) is 18.2 Å². The number of phenols is 2. The number of phenolic OH excluding ortho intramolecular Hbond substituents is 2. The van der Waals surface area contributed by atoms with Gasteiger partial charge in [-0.25, -0.2) is 0 Å². The third kappa shape index (κ3) is 2.42. The molecule has 1 aliphatic carbocycles. The number of para-hydroxylation sites is 1. The number of carbonyl (C=O) groups is 1. The molecule has 0 saturated heterocycles. The lowest BCUT2D eigenvalue weighted by Crippen LogP contribution is -2.37. The van der Waals surface area contributed by atoms with E-state index in [1.807, 2.05) is 6.92 Å². The summed E-state index contributed by atoms with van der Waals surface area (Å²) in [5.41, 5.74) is 0.177. The summed E-state index contributed by atoms with van der Waals surface area (Å²) in [5, 5.41) is 19.1. The minimum Gasteiger partial charge on any atom is -0.504 e. The van der Waals surface area contributed by atoms with Crippen LogP contribution in [0.25, 0.3) is 0 Å². The Morgan fingerprint density at radius 3 is 2.67 bits per heavy atom. The van der Waals surface area contributed by atoms with Gasteiger partial charge in [0.25, 0.3) is 5.91 Å². The first-order valence-corrected chi connectivity index (χ1v) is 6.43. The third-order valence-electron chi connectivity index (χ3n) is 3.62. The van der Waals surface area contributed by atoms with Crippen LogP contribution < -0.4 is 0 Å². The SMILES string of the molecule is CCN(CC1CCC1)C(=O)c1cccc(O)c1O. The predicted molar refractivity (Wildman–Crippen MR) is 68.7 cm³/mol. The molecule has 2 N–H and O–H groups in total. The van der Waals surface area contributed by atoms with Crippen LogP contribution in [0.1, 0.15) is 36.5 Å². The van der Waals surface area contributed by atoms with Crippen molar-refractivity contribution >= 4 is 5.91 Å². The number of rotatable bonds is 4. The van der Waals surface area contributed by atoms with Crippen molar-refractivity contribution in [2.45, 2.75) is 26.2 Å². The molecule has 0 atom stereocenters. The number of carbonyl (C=O) groups excluding carboxylic acids is 1. The summed E-state index contributed by atoms with van der Waals surface area (Å²) in [7, 11) is 0. The molecule has 4 nitrogen and oxygen atoms in total. The number of hydrogen-bond donors (Lipinski definition) is 2. The molecule has 0 aliphatic heterocycles. The van der Waals surface area contributed by atoms with E-state index in [0.29, 0.717) is 12.5 Å². The summed E-state index contributed by atoms with van der Waals surface area (Å²) in [6, 6.07) is 4.48. The lowest BCUT2D eigenvalue weighted by molar-refractivity contribution is 0.0703. The Bertz CT molecular complexity index is 441. The van der Waals surface area contributed by atoms with E-state index in [2.05, 4.69) is 0 Å². The lowest BCUT2D eigenvalue weighted by atomic mass is 9.85. The average Bonchev–Trinajstić information content (AvgIpc) is 2.31. The molecule has 0 unspecified atom stereocenters. The first-order valence-electron chi connectivity index (χ1n) is 6.43. The molecule has 0 heterocycles. The molecule has 1 fully saturated rings. The second kappa shape index (κ2) is 5.29. The Morgan fingerprint density at radius 2 is 2.11 bits per heavy atom. The normalized spacial score (nSPS) is 15.2. The van der Waals surface area contributed by atoms with Crippen molar-refractivity contribution in [3.05, 3.63) is 23.8 Å². The zero-order chi connectivity index (χ0) is 13.1. The summed E-state index contributed by atoms with van der Waals surface area (Å²) < 4.78 is 0. The van der Waals surface area contributed by atoms with Crippen molar-refractivity contribution in [3.8, 4) is 11.5 Å². The smallest absolute Gasteiger partial charge is 0.257 e. The number of hydrogen-bond acceptors (Lipinski definition) is 3. The van der Waals surface area contributed by atoms with Gasteiger partial charge in [-0.05, 0) is 37.8 Å². The van der Waals surface area contributed by atoms with Gasteiger partial charge < -0.3 is 15.1 Å². The quantitative estimate of drug-likeness (QED) is 0.805. The third-order valence-corrected chi connectivity index (χ3v) is 3.62. The van der Waals surface area contributed by atoms with Gasteiger partial charge in [0.2, 0.25) is 0 Å². The molecule has 0 radical (unpaired) electrons. The molecule has 0 bridgehead atoms. The van der Waals surface area contributed by atoms with Crippen LogP contribution in [-0.2, 0) is 0 Å². The van der Waals surface area contributed by atoms with Crippen molar-refractivity contribution in [2.24, 2.45) is 5.92 Å². The maximum absolute atomic E-state index is 12.3. The molecule has 1 aliphatic rings. The Morgan fingerprint density at radius 1 is 1.39 bits per heavy atom. The number of aromatic hydroxyl groups is 2. The summed E-state index contributed by atoms with van der Waals surface area (Å²) in [4.78, 5) is 14.0. The maximum Gasteiger partial charge on any atom is 0.257 e. The van der Waals surface area contributed by atoms with Crippen molar-refractivity contribution in [2.75, 3.05) is 13.1 Å². The predicted octanol–water partition coefficient (Wildman–Crippen LogP) is 2.36. The molecule has 18 heavy (non-hydrogen) atoms. The zero-order valence-electron chi connectivity index (χ0n) is 10.6. The minimum atomic E-state index is -0.324. The second-order valence-corrected chi connectivity index (χ2v) is 4.81. The van der Waals surface area contributed by atoms with Crippen molar-refractivity contribution in [1.82, 2.24) is 4.90 Å². The Labute approximate surface area is 107 Å². The summed E-state index contributed by atoms with van der Waals surface area (Å²) >= 11 is 0. The molecule has 2 rings (SSSR count).